The molecule has 1 heterocycles. The number of nitrogens with zero attached hydrogens (tertiary/aromatic N) is 4. The molecule has 0 aromatic rings. The molecule has 0 saturated carbocycles. The normalized spacial score (nSPS) is 17.4. The molecule has 33 heavy (non-hydrogen) atoms. The highest BCUT2D eigenvalue weighted by Crippen LogP contribution is 2.25. The van der Waals surface area contributed by atoms with Gasteiger partial charge in [0, 0.05) is 31.1 Å². The van der Waals surface area contributed by atoms with Crippen LogP contribution in [0.25, 0.3) is 0 Å². The van der Waals surface area contributed by atoms with E-state index < -0.39 is 5.92 Å². The third-order valence-corrected chi connectivity index (χ3v) is 5.26. The molecule has 9 heteroatoms. The van der Waals surface area contributed by atoms with E-state index in [9.17, 15) is 9.59 Å². The molecule has 0 aromatic heterocycles. The van der Waals surface area contributed by atoms with E-state index in [4.69, 9.17) is 5.26 Å². The predicted molar refractivity (Wildman–Crippen MR) is 137 cm³/mol. The zero-order valence-corrected chi connectivity index (χ0v) is 20.3. The van der Waals surface area contributed by atoms with Gasteiger partial charge >= 0.3 is 0 Å². The molecule has 0 saturated heterocycles. The number of carbonyl (C=O) groups is 2. The minimum atomic E-state index is -0.519. The van der Waals surface area contributed by atoms with Crippen LogP contribution in [-0.2, 0) is 9.59 Å². The van der Waals surface area contributed by atoms with Gasteiger partial charge in [0.1, 0.15) is 5.82 Å². The molecular formula is C24H30N6O2S. The van der Waals surface area contributed by atoms with Crippen LogP contribution in [-0.4, -0.2) is 41.7 Å². The molecule has 1 rings (SSSR count). The van der Waals surface area contributed by atoms with Crippen LogP contribution in [0.3, 0.4) is 0 Å². The number of allylic oxidation sites excluding steroid dienone is 4. The third-order valence-electron chi connectivity index (χ3n) is 4.48. The van der Waals surface area contributed by atoms with Gasteiger partial charge in [0.2, 0.25) is 11.8 Å². The number of thioether (sulfide) groups is 1. The maximum atomic E-state index is 12.8. The Bertz CT molecular complexity index is 995. The maximum absolute atomic E-state index is 12.8. The van der Waals surface area contributed by atoms with Crippen LogP contribution in [0.5, 0.6) is 0 Å². The zero-order chi connectivity index (χ0) is 24.8. The summed E-state index contributed by atoms with van der Waals surface area (Å²) in [4.78, 5) is 37.2. The fourth-order valence-electron chi connectivity index (χ4n) is 2.62. The van der Waals surface area contributed by atoms with E-state index in [0.29, 0.717) is 28.7 Å². The van der Waals surface area contributed by atoms with E-state index >= 15 is 0 Å². The van der Waals surface area contributed by atoms with Crippen molar-refractivity contribution in [2.45, 2.75) is 27.7 Å². The molecule has 8 nitrogen and oxygen atoms in total. The molecule has 2 atom stereocenters. The highest BCUT2D eigenvalue weighted by molar-refractivity contribution is 8.14. The third kappa shape index (κ3) is 9.25. The van der Waals surface area contributed by atoms with Gasteiger partial charge in [-0.15, -0.1) is 0 Å². The summed E-state index contributed by atoms with van der Waals surface area (Å²) < 4.78 is 0. The SMILES string of the molecule is C=CC(=O)N/C(=C/C)N=CC(=C)C1=CC(C(C)C(=O)NC(=NCC)SCC#N)=CN=CC1C. The largest absolute Gasteiger partial charge is 0.307 e. The molecule has 0 bridgehead atoms. The van der Waals surface area contributed by atoms with Crippen LogP contribution in [0.15, 0.2) is 75.1 Å². The number of hydrogen-bond donors (Lipinski definition) is 2. The number of amides is 2. The molecule has 0 spiro atoms. The van der Waals surface area contributed by atoms with Gasteiger partial charge in [-0.25, -0.2) is 4.99 Å². The first-order chi connectivity index (χ1) is 15.8. The Morgan fingerprint density at radius 3 is 2.76 bits per heavy atom. The van der Waals surface area contributed by atoms with E-state index in [-0.39, 0.29) is 23.5 Å². The van der Waals surface area contributed by atoms with Crippen molar-refractivity contribution < 1.29 is 9.59 Å². The Balaban J connectivity index is 3.07. The van der Waals surface area contributed by atoms with Crippen molar-refractivity contribution in [1.29, 1.82) is 5.26 Å². The molecule has 2 unspecified atom stereocenters. The molecule has 2 N–H and O–H groups in total. The van der Waals surface area contributed by atoms with Crippen molar-refractivity contribution in [2.75, 3.05) is 12.3 Å². The lowest BCUT2D eigenvalue weighted by atomic mass is 9.91. The Morgan fingerprint density at radius 1 is 1.42 bits per heavy atom. The fourth-order valence-corrected chi connectivity index (χ4v) is 3.21. The van der Waals surface area contributed by atoms with E-state index in [1.807, 2.05) is 26.0 Å². The summed E-state index contributed by atoms with van der Waals surface area (Å²) in [6.45, 7) is 15.4. The summed E-state index contributed by atoms with van der Waals surface area (Å²) >= 11 is 1.19. The molecule has 0 aromatic carbocycles. The minimum absolute atomic E-state index is 0.0619. The topological polar surface area (TPSA) is 119 Å². The van der Waals surface area contributed by atoms with Gasteiger partial charge in [0.15, 0.2) is 5.17 Å². The van der Waals surface area contributed by atoms with Crippen LogP contribution in [0.4, 0.5) is 0 Å². The number of hydrogen-bond acceptors (Lipinski definition) is 7. The lowest BCUT2D eigenvalue weighted by molar-refractivity contribution is -0.121. The van der Waals surface area contributed by atoms with Crippen LogP contribution in [0.2, 0.25) is 0 Å². The fraction of sp³-hybridized carbons (Fsp3) is 0.333. The second-order valence-electron chi connectivity index (χ2n) is 6.90. The number of rotatable bonds is 9. The summed E-state index contributed by atoms with van der Waals surface area (Å²) in [6, 6.07) is 2.03. The minimum Gasteiger partial charge on any atom is -0.307 e. The van der Waals surface area contributed by atoms with Crippen LogP contribution < -0.4 is 10.6 Å². The summed E-state index contributed by atoms with van der Waals surface area (Å²) in [7, 11) is 0. The number of nitriles is 1. The summed E-state index contributed by atoms with van der Waals surface area (Å²) in [5.74, 6) is -0.616. The summed E-state index contributed by atoms with van der Waals surface area (Å²) in [5.41, 5.74) is 2.17. The second kappa shape index (κ2) is 14.5. The van der Waals surface area contributed by atoms with Gasteiger partial charge in [-0.1, -0.05) is 37.9 Å². The smallest absolute Gasteiger partial charge is 0.248 e. The first-order valence-electron chi connectivity index (χ1n) is 10.4. The lowest BCUT2D eigenvalue weighted by Gasteiger charge is -2.16. The van der Waals surface area contributed by atoms with Gasteiger partial charge in [-0.05, 0) is 49.6 Å². The number of nitrogens with one attached hydrogen (secondary N) is 2. The van der Waals surface area contributed by atoms with Crippen molar-refractivity contribution in [3.8, 4) is 6.07 Å². The predicted octanol–water partition coefficient (Wildman–Crippen LogP) is 3.69. The average Bonchev–Trinajstić information content (AvgIpc) is 3.00. The second-order valence-corrected chi connectivity index (χ2v) is 7.87. The van der Waals surface area contributed by atoms with E-state index in [1.165, 1.54) is 17.8 Å². The molecule has 0 aliphatic carbocycles. The molecule has 2 amide bonds. The molecule has 1 aliphatic heterocycles. The Hall–Kier alpha value is -3.51. The Labute approximate surface area is 199 Å². The van der Waals surface area contributed by atoms with Crippen LogP contribution in [0.1, 0.15) is 27.7 Å². The molecule has 0 radical (unpaired) electrons. The molecule has 1 aliphatic rings. The van der Waals surface area contributed by atoms with Crippen molar-refractivity contribution in [1.82, 2.24) is 10.6 Å². The lowest BCUT2D eigenvalue weighted by Crippen LogP contribution is -2.34. The van der Waals surface area contributed by atoms with Crippen LogP contribution >= 0.6 is 11.8 Å². The number of amidine groups is 1. The van der Waals surface area contributed by atoms with E-state index in [0.717, 1.165) is 5.57 Å². The maximum Gasteiger partial charge on any atom is 0.248 e. The van der Waals surface area contributed by atoms with Crippen molar-refractivity contribution in [3.05, 3.63) is 60.1 Å². The quantitative estimate of drug-likeness (QED) is 0.306. The summed E-state index contributed by atoms with van der Waals surface area (Å²) in [6.07, 6.45) is 9.69. The first kappa shape index (κ1) is 27.5. The number of carbonyl (C=O) groups excluding carboxylic acids is 2. The van der Waals surface area contributed by atoms with Crippen molar-refractivity contribution >= 4 is 41.2 Å². The van der Waals surface area contributed by atoms with Gasteiger partial charge in [0.25, 0.3) is 0 Å². The Kier molecular flexibility index (Phi) is 12.1. The van der Waals surface area contributed by atoms with Gasteiger partial charge in [-0.3, -0.25) is 19.6 Å². The monoisotopic (exact) mass is 466 g/mol. The van der Waals surface area contributed by atoms with E-state index in [1.54, 1.807) is 38.6 Å². The molecule has 174 valence electrons. The van der Waals surface area contributed by atoms with Crippen molar-refractivity contribution in [3.63, 3.8) is 0 Å². The highest BCUT2D eigenvalue weighted by atomic mass is 32.2. The molecular weight excluding hydrogens is 436 g/mol. The van der Waals surface area contributed by atoms with E-state index in [2.05, 4.69) is 38.8 Å². The first-order valence-corrected chi connectivity index (χ1v) is 11.4. The summed E-state index contributed by atoms with van der Waals surface area (Å²) in [5, 5.41) is 14.6. The van der Waals surface area contributed by atoms with Gasteiger partial charge < -0.3 is 10.6 Å². The zero-order valence-electron chi connectivity index (χ0n) is 19.5. The average molecular weight is 467 g/mol. The standard InChI is InChI=1S/C24H30N6O2S/c1-7-21(29-22(31)8-2)28-14-17(5)20-12-19(15-26-13-16(20)4)18(6)23(32)30-24(27-9-3)33-11-10-25/h7-8,12-16,18H,2,5,9,11H2,1,3-4,6H3,(H,29,31)(H,27,30,32)/b21-7+,28-14?. The highest BCUT2D eigenvalue weighted by Gasteiger charge is 2.21. The van der Waals surface area contributed by atoms with Gasteiger partial charge in [0.05, 0.1) is 17.7 Å². The number of aliphatic imine (C=N–C) groups is 3. The Morgan fingerprint density at radius 2 is 2.15 bits per heavy atom. The van der Waals surface area contributed by atoms with Crippen LogP contribution in [0, 0.1) is 23.2 Å². The molecule has 0 fully saturated rings. The van der Waals surface area contributed by atoms with Gasteiger partial charge in [-0.2, -0.15) is 5.26 Å². The van der Waals surface area contributed by atoms with Crippen molar-refractivity contribution in [2.24, 2.45) is 26.8 Å².